The fourth-order valence-corrected chi connectivity index (χ4v) is 2.62. The first kappa shape index (κ1) is 21.4. The Kier molecular flexibility index (Phi) is 9.11. The average Bonchev–Trinajstić information content (AvgIpc) is 2.86. The molecule has 0 bridgehead atoms. The fraction of sp³-hybridized carbons (Fsp3) is 0.556. The van der Waals surface area contributed by atoms with E-state index < -0.39 is 24.0 Å². The molecular weight excluding hydrogens is 340 g/mol. The smallest absolute Gasteiger partial charge is 0.330 e. The van der Waals surface area contributed by atoms with E-state index in [0.29, 0.717) is 6.42 Å². The first-order chi connectivity index (χ1) is 12.5. The summed E-state index contributed by atoms with van der Waals surface area (Å²) in [6.07, 6.45) is 5.35. The van der Waals surface area contributed by atoms with Crippen LogP contribution in [0.15, 0.2) is 25.3 Å². The number of carbonyl (C=O) groups is 4. The lowest BCUT2D eigenvalue weighted by Crippen LogP contribution is -2.38. The number of carbonyl (C=O) groups excluding carboxylic acids is 4. The first-order valence-corrected chi connectivity index (χ1v) is 8.66. The van der Waals surface area contributed by atoms with Crippen LogP contribution in [0.3, 0.4) is 0 Å². The molecule has 0 radical (unpaired) electrons. The van der Waals surface area contributed by atoms with Crippen LogP contribution >= 0.6 is 0 Å². The van der Waals surface area contributed by atoms with Crippen molar-refractivity contribution in [1.82, 2.24) is 9.80 Å². The zero-order valence-corrected chi connectivity index (χ0v) is 15.1. The van der Waals surface area contributed by atoms with Gasteiger partial charge in [0.05, 0.1) is 13.1 Å². The summed E-state index contributed by atoms with van der Waals surface area (Å²) in [5.74, 6) is -1.52. The summed E-state index contributed by atoms with van der Waals surface area (Å²) < 4.78 is 9.76. The Morgan fingerprint density at radius 2 is 1.62 bits per heavy atom. The van der Waals surface area contributed by atoms with Gasteiger partial charge < -0.3 is 14.4 Å². The molecule has 8 heteroatoms. The van der Waals surface area contributed by atoms with Crippen LogP contribution in [0.25, 0.3) is 0 Å². The van der Waals surface area contributed by atoms with Crippen LogP contribution in [-0.2, 0) is 23.9 Å². The summed E-state index contributed by atoms with van der Waals surface area (Å²) in [5, 5.41) is 0. The first-order valence-electron chi connectivity index (χ1n) is 8.66. The second-order valence-corrected chi connectivity index (χ2v) is 5.72. The van der Waals surface area contributed by atoms with Gasteiger partial charge in [-0.25, -0.2) is 14.4 Å². The van der Waals surface area contributed by atoms with Crippen LogP contribution in [0.2, 0.25) is 0 Å². The molecule has 0 aliphatic carbocycles. The van der Waals surface area contributed by atoms with Crippen molar-refractivity contribution in [3.63, 3.8) is 0 Å². The van der Waals surface area contributed by atoms with E-state index in [9.17, 15) is 19.2 Å². The Balaban J connectivity index is 2.71. The highest BCUT2D eigenvalue weighted by atomic mass is 16.5. The number of imide groups is 1. The number of unbranched alkanes of at least 4 members (excludes halogenated alkanes) is 2. The summed E-state index contributed by atoms with van der Waals surface area (Å²) in [6, 6.07) is -1.06. The SMILES string of the molecule is C=CC(=O)OCCN1C(=O)C(CCCCC)N(CCOC(=O)C=C)C1=O. The van der Waals surface area contributed by atoms with Crippen molar-refractivity contribution >= 4 is 23.9 Å². The van der Waals surface area contributed by atoms with E-state index in [2.05, 4.69) is 13.2 Å². The monoisotopic (exact) mass is 366 g/mol. The van der Waals surface area contributed by atoms with E-state index in [4.69, 9.17) is 9.47 Å². The maximum Gasteiger partial charge on any atom is 0.330 e. The van der Waals surface area contributed by atoms with Gasteiger partial charge in [0.25, 0.3) is 5.91 Å². The molecule has 1 unspecified atom stereocenters. The van der Waals surface area contributed by atoms with E-state index in [-0.39, 0.29) is 32.2 Å². The molecule has 26 heavy (non-hydrogen) atoms. The quantitative estimate of drug-likeness (QED) is 0.226. The molecule has 0 spiro atoms. The van der Waals surface area contributed by atoms with E-state index in [0.717, 1.165) is 36.3 Å². The third-order valence-corrected chi connectivity index (χ3v) is 3.95. The topological polar surface area (TPSA) is 93.2 Å². The summed E-state index contributed by atoms with van der Waals surface area (Å²) in [5.41, 5.74) is 0. The fourth-order valence-electron chi connectivity index (χ4n) is 2.62. The molecule has 144 valence electrons. The highest BCUT2D eigenvalue weighted by molar-refractivity contribution is 6.04. The van der Waals surface area contributed by atoms with Gasteiger partial charge >= 0.3 is 18.0 Å². The van der Waals surface area contributed by atoms with E-state index in [1.807, 2.05) is 6.92 Å². The molecule has 1 aliphatic rings. The maximum atomic E-state index is 12.6. The second-order valence-electron chi connectivity index (χ2n) is 5.72. The minimum atomic E-state index is -0.614. The van der Waals surface area contributed by atoms with Crippen LogP contribution in [0.1, 0.15) is 32.6 Å². The van der Waals surface area contributed by atoms with Gasteiger partial charge in [-0.3, -0.25) is 9.69 Å². The Bertz CT molecular complexity index is 560. The van der Waals surface area contributed by atoms with Gasteiger partial charge in [-0.05, 0) is 6.42 Å². The zero-order chi connectivity index (χ0) is 19.5. The molecule has 1 atom stereocenters. The number of ether oxygens (including phenoxy) is 2. The van der Waals surface area contributed by atoms with Crippen LogP contribution < -0.4 is 0 Å². The molecule has 1 rings (SSSR count). The molecule has 1 aliphatic heterocycles. The molecule has 0 aromatic carbocycles. The summed E-state index contributed by atoms with van der Waals surface area (Å²) in [4.78, 5) is 49.9. The molecule has 1 fully saturated rings. The largest absolute Gasteiger partial charge is 0.461 e. The van der Waals surface area contributed by atoms with Crippen molar-refractivity contribution in [1.29, 1.82) is 0 Å². The van der Waals surface area contributed by atoms with Crippen LogP contribution in [0.5, 0.6) is 0 Å². The molecule has 0 saturated carbocycles. The van der Waals surface area contributed by atoms with E-state index in [1.165, 1.54) is 4.90 Å². The van der Waals surface area contributed by atoms with Crippen LogP contribution in [0, 0.1) is 0 Å². The molecule has 8 nitrogen and oxygen atoms in total. The molecule has 0 N–H and O–H groups in total. The number of rotatable bonds is 12. The minimum absolute atomic E-state index is 0.0204. The number of hydrogen-bond donors (Lipinski definition) is 0. The Morgan fingerprint density at radius 3 is 2.15 bits per heavy atom. The van der Waals surface area contributed by atoms with Gasteiger partial charge in [-0.2, -0.15) is 0 Å². The van der Waals surface area contributed by atoms with E-state index >= 15 is 0 Å². The molecule has 1 saturated heterocycles. The number of esters is 2. The molecule has 0 aromatic heterocycles. The standard InChI is InChI=1S/C18H26N2O6/c1-4-7-8-9-14-17(23)20(11-13-26-16(22)6-3)18(24)19(14)10-12-25-15(21)5-2/h5-6,14H,2-4,7-13H2,1H3. The number of urea groups is 1. The van der Waals surface area contributed by atoms with Crippen molar-refractivity contribution < 1.29 is 28.7 Å². The van der Waals surface area contributed by atoms with Crippen molar-refractivity contribution in [3.8, 4) is 0 Å². The third-order valence-electron chi connectivity index (χ3n) is 3.95. The number of amides is 3. The van der Waals surface area contributed by atoms with Gasteiger partial charge in [0.1, 0.15) is 19.3 Å². The predicted molar refractivity (Wildman–Crippen MR) is 94.1 cm³/mol. The second kappa shape index (κ2) is 11.1. The van der Waals surface area contributed by atoms with Gasteiger partial charge in [0.2, 0.25) is 0 Å². The molecule has 1 heterocycles. The number of nitrogens with zero attached hydrogens (tertiary/aromatic N) is 2. The molecular formula is C18H26N2O6. The lowest BCUT2D eigenvalue weighted by Gasteiger charge is -2.21. The maximum absolute atomic E-state index is 12.6. The lowest BCUT2D eigenvalue weighted by molar-refractivity contribution is -0.140. The van der Waals surface area contributed by atoms with Crippen molar-refractivity contribution in [3.05, 3.63) is 25.3 Å². The lowest BCUT2D eigenvalue weighted by atomic mass is 10.1. The van der Waals surface area contributed by atoms with Crippen LogP contribution in [-0.4, -0.2) is 66.0 Å². The van der Waals surface area contributed by atoms with Gasteiger partial charge in [0.15, 0.2) is 0 Å². The Hall–Kier alpha value is -2.64. The van der Waals surface area contributed by atoms with Gasteiger partial charge in [-0.1, -0.05) is 39.3 Å². The third kappa shape index (κ3) is 6.02. The number of hydrogen-bond acceptors (Lipinski definition) is 6. The average molecular weight is 366 g/mol. The highest BCUT2D eigenvalue weighted by Crippen LogP contribution is 2.22. The molecule has 0 aromatic rings. The van der Waals surface area contributed by atoms with Crippen molar-refractivity contribution in [2.45, 2.75) is 38.6 Å². The summed E-state index contributed by atoms with van der Waals surface area (Å²) >= 11 is 0. The van der Waals surface area contributed by atoms with Crippen molar-refractivity contribution in [2.24, 2.45) is 0 Å². The van der Waals surface area contributed by atoms with E-state index in [1.54, 1.807) is 0 Å². The Morgan fingerprint density at radius 1 is 1.04 bits per heavy atom. The zero-order valence-electron chi connectivity index (χ0n) is 15.1. The summed E-state index contributed by atoms with van der Waals surface area (Å²) in [7, 11) is 0. The van der Waals surface area contributed by atoms with Gasteiger partial charge in [-0.15, -0.1) is 0 Å². The predicted octanol–water partition coefficient (Wildman–Crippen LogP) is 1.66. The normalized spacial score (nSPS) is 16.6. The minimum Gasteiger partial charge on any atom is -0.461 e. The highest BCUT2D eigenvalue weighted by Gasteiger charge is 2.44. The van der Waals surface area contributed by atoms with Crippen LogP contribution in [0.4, 0.5) is 4.79 Å². The summed E-state index contributed by atoms with van der Waals surface area (Å²) in [6.45, 7) is 8.61. The van der Waals surface area contributed by atoms with Crippen molar-refractivity contribution in [2.75, 3.05) is 26.3 Å². The molecule has 3 amide bonds. The van der Waals surface area contributed by atoms with Gasteiger partial charge in [0, 0.05) is 12.2 Å². The Labute approximate surface area is 153 Å².